The number of nitrogens with one attached hydrogen (secondary N) is 2. The maximum absolute atomic E-state index is 12.8. The molecule has 0 aliphatic heterocycles. The summed E-state index contributed by atoms with van der Waals surface area (Å²) in [7, 11) is 0. The number of benzene rings is 1. The Hall–Kier alpha value is -2.14. The van der Waals surface area contributed by atoms with Crippen LogP contribution in [-0.4, -0.2) is 17.1 Å². The molecule has 3 rings (SSSR count). The largest absolute Gasteiger partial charge is 0.360 e. The smallest absolute Gasteiger partial charge is 0.247 e. The molecule has 1 aliphatic rings. The molecule has 1 saturated carbocycles. The van der Waals surface area contributed by atoms with E-state index < -0.39 is 0 Å². The van der Waals surface area contributed by atoms with Crippen LogP contribution in [0.2, 0.25) is 0 Å². The topological polar surface area (TPSA) is 67.2 Å². The Morgan fingerprint density at radius 1 is 1.21 bits per heavy atom. The highest BCUT2D eigenvalue weighted by Gasteiger charge is 2.26. The molecule has 0 radical (unpaired) electrons. The number of nitrogens with zero attached hydrogens (tertiary/aromatic N) is 1. The number of hydrogen-bond acceptors (Lipinski definition) is 4. The van der Waals surface area contributed by atoms with Crippen molar-refractivity contribution >= 4 is 11.7 Å². The molecule has 5 heteroatoms. The van der Waals surface area contributed by atoms with Gasteiger partial charge in [-0.2, -0.15) is 0 Å². The fourth-order valence-corrected chi connectivity index (χ4v) is 3.25. The maximum Gasteiger partial charge on any atom is 0.247 e. The standard InChI is InChI=1S/C19H25N3O2/c1-13-8-10-16(11-9-13)20-18(15-6-4-3-5-7-15)19(23)21-17-12-14(2)24-22-17/h3-7,12-13,16,18,20H,8-11H2,1-2H3,(H,21,22,23). The summed E-state index contributed by atoms with van der Waals surface area (Å²) in [6.45, 7) is 4.10. The van der Waals surface area contributed by atoms with Gasteiger partial charge in [-0.1, -0.05) is 42.4 Å². The second kappa shape index (κ2) is 7.62. The van der Waals surface area contributed by atoms with Crippen molar-refractivity contribution < 1.29 is 9.32 Å². The number of hydrogen-bond donors (Lipinski definition) is 2. The Labute approximate surface area is 142 Å². The van der Waals surface area contributed by atoms with E-state index in [4.69, 9.17) is 4.52 Å². The van der Waals surface area contributed by atoms with E-state index in [9.17, 15) is 4.79 Å². The first kappa shape index (κ1) is 16.7. The molecule has 1 atom stereocenters. The summed E-state index contributed by atoms with van der Waals surface area (Å²) in [5.41, 5.74) is 0.967. The zero-order valence-corrected chi connectivity index (χ0v) is 14.3. The quantitative estimate of drug-likeness (QED) is 0.876. The van der Waals surface area contributed by atoms with Gasteiger partial charge in [-0.05, 0) is 44.1 Å². The van der Waals surface area contributed by atoms with Crippen molar-refractivity contribution in [2.75, 3.05) is 5.32 Å². The number of anilines is 1. The average Bonchev–Trinajstić information content (AvgIpc) is 3.00. The zero-order chi connectivity index (χ0) is 16.9. The predicted molar refractivity (Wildman–Crippen MR) is 93.6 cm³/mol. The van der Waals surface area contributed by atoms with Crippen LogP contribution in [0.25, 0.3) is 0 Å². The van der Waals surface area contributed by atoms with Crippen molar-refractivity contribution in [3.63, 3.8) is 0 Å². The van der Waals surface area contributed by atoms with Crippen molar-refractivity contribution in [1.29, 1.82) is 0 Å². The lowest BCUT2D eigenvalue weighted by Crippen LogP contribution is -2.41. The van der Waals surface area contributed by atoms with E-state index in [1.807, 2.05) is 30.3 Å². The van der Waals surface area contributed by atoms with Crippen LogP contribution in [0.15, 0.2) is 40.9 Å². The van der Waals surface area contributed by atoms with E-state index >= 15 is 0 Å². The first-order chi connectivity index (χ1) is 11.6. The maximum atomic E-state index is 12.8. The molecule has 2 N–H and O–H groups in total. The Kier molecular flexibility index (Phi) is 5.30. The summed E-state index contributed by atoms with van der Waals surface area (Å²) in [5, 5.41) is 10.3. The second-order valence-corrected chi connectivity index (χ2v) is 6.78. The van der Waals surface area contributed by atoms with Gasteiger partial charge in [0.05, 0.1) is 0 Å². The third-order valence-corrected chi connectivity index (χ3v) is 4.69. The lowest BCUT2D eigenvalue weighted by Gasteiger charge is -2.30. The first-order valence-corrected chi connectivity index (χ1v) is 8.67. The van der Waals surface area contributed by atoms with Gasteiger partial charge in [-0.3, -0.25) is 10.1 Å². The van der Waals surface area contributed by atoms with E-state index in [1.54, 1.807) is 13.0 Å². The number of amides is 1. The van der Waals surface area contributed by atoms with Crippen molar-refractivity contribution in [2.45, 2.75) is 51.6 Å². The highest BCUT2D eigenvalue weighted by atomic mass is 16.5. The first-order valence-electron chi connectivity index (χ1n) is 8.67. The molecule has 0 bridgehead atoms. The van der Waals surface area contributed by atoms with Crippen LogP contribution in [0.4, 0.5) is 5.82 Å². The minimum atomic E-state index is -0.387. The molecule has 1 aromatic carbocycles. The fraction of sp³-hybridized carbons (Fsp3) is 0.474. The molecule has 128 valence electrons. The Morgan fingerprint density at radius 2 is 1.92 bits per heavy atom. The van der Waals surface area contributed by atoms with Crippen LogP contribution in [0.5, 0.6) is 0 Å². The van der Waals surface area contributed by atoms with Crippen LogP contribution >= 0.6 is 0 Å². The molecule has 2 aromatic rings. The molecule has 5 nitrogen and oxygen atoms in total. The summed E-state index contributed by atoms with van der Waals surface area (Å²) in [4.78, 5) is 12.8. The molecule has 1 heterocycles. The van der Waals surface area contributed by atoms with Gasteiger partial charge in [0.2, 0.25) is 5.91 Å². The minimum absolute atomic E-state index is 0.104. The minimum Gasteiger partial charge on any atom is -0.360 e. The molecule has 1 amide bonds. The second-order valence-electron chi connectivity index (χ2n) is 6.78. The molecule has 1 unspecified atom stereocenters. The van der Waals surface area contributed by atoms with Gasteiger partial charge in [-0.25, -0.2) is 0 Å². The van der Waals surface area contributed by atoms with Gasteiger partial charge in [0.15, 0.2) is 5.82 Å². The van der Waals surface area contributed by atoms with Gasteiger partial charge in [0, 0.05) is 12.1 Å². The van der Waals surface area contributed by atoms with Crippen LogP contribution in [0, 0.1) is 12.8 Å². The van der Waals surface area contributed by atoms with E-state index in [-0.39, 0.29) is 11.9 Å². The normalized spacial score (nSPS) is 22.1. The van der Waals surface area contributed by atoms with E-state index in [2.05, 4.69) is 22.7 Å². The Balaban J connectivity index is 1.73. The lowest BCUT2D eigenvalue weighted by atomic mass is 9.86. The van der Waals surface area contributed by atoms with Crippen LogP contribution in [-0.2, 0) is 4.79 Å². The number of carbonyl (C=O) groups is 1. The van der Waals surface area contributed by atoms with Crippen molar-refractivity contribution in [1.82, 2.24) is 10.5 Å². The number of aryl methyl sites for hydroxylation is 1. The molecule has 0 spiro atoms. The monoisotopic (exact) mass is 327 g/mol. The van der Waals surface area contributed by atoms with Crippen molar-refractivity contribution in [3.05, 3.63) is 47.7 Å². The highest BCUT2D eigenvalue weighted by molar-refractivity contribution is 5.94. The highest BCUT2D eigenvalue weighted by Crippen LogP contribution is 2.26. The van der Waals surface area contributed by atoms with Gasteiger partial charge in [0.25, 0.3) is 0 Å². The lowest BCUT2D eigenvalue weighted by molar-refractivity contribution is -0.118. The molecule has 1 aromatic heterocycles. The fourth-order valence-electron chi connectivity index (χ4n) is 3.25. The van der Waals surface area contributed by atoms with Crippen LogP contribution < -0.4 is 10.6 Å². The number of carbonyl (C=O) groups excluding carboxylic acids is 1. The van der Waals surface area contributed by atoms with Crippen molar-refractivity contribution in [3.8, 4) is 0 Å². The molecule has 1 aliphatic carbocycles. The van der Waals surface area contributed by atoms with Crippen LogP contribution in [0.3, 0.4) is 0 Å². The zero-order valence-electron chi connectivity index (χ0n) is 14.3. The summed E-state index contributed by atoms with van der Waals surface area (Å²) >= 11 is 0. The van der Waals surface area contributed by atoms with Gasteiger partial charge in [-0.15, -0.1) is 0 Å². The van der Waals surface area contributed by atoms with Gasteiger partial charge >= 0.3 is 0 Å². The third kappa shape index (κ3) is 4.23. The van der Waals surface area contributed by atoms with Gasteiger partial charge in [0.1, 0.15) is 11.8 Å². The SMILES string of the molecule is Cc1cc(NC(=O)C(NC2CCC(C)CC2)c2ccccc2)no1. The summed E-state index contributed by atoms with van der Waals surface area (Å²) in [5.74, 6) is 1.81. The third-order valence-electron chi connectivity index (χ3n) is 4.69. The average molecular weight is 327 g/mol. The molecular formula is C19H25N3O2. The van der Waals surface area contributed by atoms with Crippen LogP contribution in [0.1, 0.15) is 50.0 Å². The molecular weight excluding hydrogens is 302 g/mol. The summed E-state index contributed by atoms with van der Waals surface area (Å²) in [6.07, 6.45) is 4.65. The molecule has 0 saturated heterocycles. The Morgan fingerprint density at radius 3 is 2.54 bits per heavy atom. The summed E-state index contributed by atoms with van der Waals surface area (Å²) < 4.78 is 5.03. The number of aromatic nitrogens is 1. The molecule has 24 heavy (non-hydrogen) atoms. The van der Waals surface area contributed by atoms with E-state index in [1.165, 1.54) is 12.8 Å². The predicted octanol–water partition coefficient (Wildman–Crippen LogP) is 3.83. The van der Waals surface area contributed by atoms with E-state index in [0.717, 1.165) is 24.3 Å². The molecule has 1 fully saturated rings. The van der Waals surface area contributed by atoms with E-state index in [0.29, 0.717) is 17.6 Å². The Bertz CT molecular complexity index is 660. The van der Waals surface area contributed by atoms with Gasteiger partial charge < -0.3 is 9.84 Å². The number of rotatable bonds is 5. The summed E-state index contributed by atoms with van der Waals surface area (Å²) in [6, 6.07) is 11.6. The van der Waals surface area contributed by atoms with Crippen molar-refractivity contribution in [2.24, 2.45) is 5.92 Å².